The molecule has 0 amide bonds. The van der Waals surface area contributed by atoms with Crippen LogP contribution in [0.4, 0.5) is 0 Å². The zero-order valence-corrected chi connectivity index (χ0v) is 10.3. The summed E-state index contributed by atoms with van der Waals surface area (Å²) in [6.07, 6.45) is 2.06. The second-order valence-corrected chi connectivity index (χ2v) is 4.53. The number of nitriles is 1. The van der Waals surface area contributed by atoms with E-state index in [4.69, 9.17) is 5.26 Å². The maximum absolute atomic E-state index is 11.9. The van der Waals surface area contributed by atoms with Crippen LogP contribution in [0.25, 0.3) is 5.69 Å². The Bertz CT molecular complexity index is 670. The van der Waals surface area contributed by atoms with Gasteiger partial charge in [0.1, 0.15) is 0 Å². The third-order valence-electron chi connectivity index (χ3n) is 3.32. The molecule has 2 N–H and O–H groups in total. The Kier molecular flexibility index (Phi) is 2.89. The van der Waals surface area contributed by atoms with Crippen molar-refractivity contribution in [1.82, 2.24) is 20.1 Å². The highest BCUT2D eigenvalue weighted by Crippen LogP contribution is 2.22. The summed E-state index contributed by atoms with van der Waals surface area (Å²) in [5.74, 6) is 0.701. The highest BCUT2D eigenvalue weighted by Gasteiger charge is 2.23. The number of aromatic nitrogens is 3. The largest absolute Gasteiger partial charge is 0.347 e. The molecule has 1 aliphatic heterocycles. The van der Waals surface area contributed by atoms with Crippen molar-refractivity contribution in [1.29, 1.82) is 5.26 Å². The van der Waals surface area contributed by atoms with Gasteiger partial charge in [-0.2, -0.15) is 10.4 Å². The molecule has 2 heterocycles. The second-order valence-electron chi connectivity index (χ2n) is 4.53. The molecule has 0 bridgehead atoms. The lowest BCUT2D eigenvalue weighted by Crippen LogP contribution is -2.22. The molecule has 0 aliphatic carbocycles. The van der Waals surface area contributed by atoms with Crippen LogP contribution in [0.1, 0.15) is 30.3 Å². The van der Waals surface area contributed by atoms with E-state index in [9.17, 15) is 4.79 Å². The predicted octanol–water partition coefficient (Wildman–Crippen LogP) is 0.857. The smallest absolute Gasteiger partial charge is 0.307 e. The normalized spacial score (nSPS) is 18.4. The summed E-state index contributed by atoms with van der Waals surface area (Å²) in [6.45, 7) is 0.944. The Morgan fingerprint density at radius 1 is 1.37 bits per heavy atom. The number of nitrogens with zero attached hydrogens (tertiary/aromatic N) is 3. The van der Waals surface area contributed by atoms with Crippen molar-refractivity contribution < 1.29 is 0 Å². The Labute approximate surface area is 109 Å². The van der Waals surface area contributed by atoms with Crippen LogP contribution in [-0.4, -0.2) is 21.3 Å². The maximum atomic E-state index is 11.9. The van der Waals surface area contributed by atoms with Crippen molar-refractivity contribution in [3.63, 3.8) is 0 Å². The van der Waals surface area contributed by atoms with Crippen LogP contribution < -0.4 is 11.0 Å². The van der Waals surface area contributed by atoms with Gasteiger partial charge in [0.2, 0.25) is 0 Å². The van der Waals surface area contributed by atoms with Crippen LogP contribution in [0.2, 0.25) is 0 Å². The van der Waals surface area contributed by atoms with E-state index >= 15 is 0 Å². The van der Waals surface area contributed by atoms with Gasteiger partial charge in [-0.1, -0.05) is 0 Å². The van der Waals surface area contributed by atoms with E-state index in [1.807, 2.05) is 0 Å². The van der Waals surface area contributed by atoms with Crippen LogP contribution in [0, 0.1) is 11.3 Å². The summed E-state index contributed by atoms with van der Waals surface area (Å²) >= 11 is 0. The lowest BCUT2D eigenvalue weighted by Gasteiger charge is -2.11. The van der Waals surface area contributed by atoms with Gasteiger partial charge >= 0.3 is 5.69 Å². The van der Waals surface area contributed by atoms with Gasteiger partial charge in [0.25, 0.3) is 0 Å². The molecule has 1 aromatic heterocycles. The van der Waals surface area contributed by atoms with Crippen molar-refractivity contribution in [2.24, 2.45) is 0 Å². The summed E-state index contributed by atoms with van der Waals surface area (Å²) in [5, 5.41) is 18.7. The number of nitrogens with one attached hydrogen (secondary N) is 2. The number of hydrogen-bond acceptors (Lipinski definition) is 4. The third-order valence-corrected chi connectivity index (χ3v) is 3.32. The molecule has 0 radical (unpaired) electrons. The first kappa shape index (κ1) is 11.7. The van der Waals surface area contributed by atoms with E-state index < -0.39 is 0 Å². The first-order valence-corrected chi connectivity index (χ1v) is 6.21. The molecular weight excluding hydrogens is 242 g/mol. The fourth-order valence-electron chi connectivity index (χ4n) is 2.38. The molecular formula is C13H13N5O. The predicted molar refractivity (Wildman–Crippen MR) is 68.9 cm³/mol. The van der Waals surface area contributed by atoms with Gasteiger partial charge in [-0.15, -0.1) is 0 Å². The summed E-state index contributed by atoms with van der Waals surface area (Å²) < 4.78 is 1.56. The second kappa shape index (κ2) is 4.71. The molecule has 1 aromatic carbocycles. The average Bonchev–Trinajstić information content (AvgIpc) is 3.08. The zero-order valence-electron chi connectivity index (χ0n) is 10.3. The molecule has 6 nitrogen and oxygen atoms in total. The van der Waals surface area contributed by atoms with Crippen molar-refractivity contribution in [2.75, 3.05) is 6.54 Å². The van der Waals surface area contributed by atoms with Gasteiger partial charge in [-0.05, 0) is 43.7 Å². The maximum Gasteiger partial charge on any atom is 0.347 e. The van der Waals surface area contributed by atoms with E-state index in [0.29, 0.717) is 11.4 Å². The van der Waals surface area contributed by atoms with Gasteiger partial charge < -0.3 is 5.32 Å². The van der Waals surface area contributed by atoms with E-state index in [1.165, 1.54) is 0 Å². The molecule has 2 aromatic rings. The molecule has 3 rings (SSSR count). The fraction of sp³-hybridized carbons (Fsp3) is 0.308. The summed E-state index contributed by atoms with van der Waals surface area (Å²) in [7, 11) is 0. The Balaban J connectivity index is 2.06. The van der Waals surface area contributed by atoms with Crippen LogP contribution in [0.5, 0.6) is 0 Å². The summed E-state index contributed by atoms with van der Waals surface area (Å²) in [6, 6.07) is 9.07. The topological polar surface area (TPSA) is 86.5 Å². The molecule has 1 unspecified atom stereocenters. The van der Waals surface area contributed by atoms with E-state index in [-0.39, 0.29) is 11.7 Å². The van der Waals surface area contributed by atoms with E-state index in [1.54, 1.807) is 28.8 Å². The number of H-pyrrole nitrogens is 1. The van der Waals surface area contributed by atoms with Crippen molar-refractivity contribution in [3.8, 4) is 11.8 Å². The SMILES string of the molecule is N#Cc1ccc(-n2c(C3CCCN3)n[nH]c2=O)cc1. The van der Waals surface area contributed by atoms with Crippen LogP contribution in [0.3, 0.4) is 0 Å². The lowest BCUT2D eigenvalue weighted by atomic mass is 10.2. The molecule has 1 saturated heterocycles. The molecule has 0 spiro atoms. The average molecular weight is 255 g/mol. The van der Waals surface area contributed by atoms with Gasteiger partial charge in [0.15, 0.2) is 5.82 Å². The molecule has 0 saturated carbocycles. The first-order chi connectivity index (χ1) is 9.29. The highest BCUT2D eigenvalue weighted by atomic mass is 16.1. The van der Waals surface area contributed by atoms with Gasteiger partial charge in [0, 0.05) is 0 Å². The molecule has 6 heteroatoms. The van der Waals surface area contributed by atoms with Crippen molar-refractivity contribution in [2.45, 2.75) is 18.9 Å². The van der Waals surface area contributed by atoms with Crippen LogP contribution in [0.15, 0.2) is 29.1 Å². The fourth-order valence-corrected chi connectivity index (χ4v) is 2.38. The lowest BCUT2D eigenvalue weighted by molar-refractivity contribution is 0.591. The molecule has 1 fully saturated rings. The minimum atomic E-state index is -0.256. The van der Waals surface area contributed by atoms with Crippen LogP contribution >= 0.6 is 0 Å². The monoisotopic (exact) mass is 255 g/mol. The Morgan fingerprint density at radius 2 is 2.16 bits per heavy atom. The minimum absolute atomic E-state index is 0.106. The number of benzene rings is 1. The molecule has 96 valence electrons. The van der Waals surface area contributed by atoms with Gasteiger partial charge in [-0.3, -0.25) is 0 Å². The minimum Gasteiger partial charge on any atom is -0.307 e. The third kappa shape index (κ3) is 2.04. The van der Waals surface area contributed by atoms with Gasteiger partial charge in [0.05, 0.1) is 23.4 Å². The standard InChI is InChI=1S/C13H13N5O/c14-8-9-3-5-10(6-4-9)18-12(16-17-13(18)19)11-2-1-7-15-11/h3-6,11,15H,1-2,7H2,(H,17,19). The number of rotatable bonds is 2. The number of aromatic amines is 1. The number of hydrogen-bond donors (Lipinski definition) is 2. The van der Waals surface area contributed by atoms with Crippen molar-refractivity contribution in [3.05, 3.63) is 46.1 Å². The highest BCUT2D eigenvalue weighted by molar-refractivity contribution is 5.40. The zero-order chi connectivity index (χ0) is 13.2. The quantitative estimate of drug-likeness (QED) is 0.833. The molecule has 19 heavy (non-hydrogen) atoms. The molecule has 1 aliphatic rings. The Hall–Kier alpha value is -2.39. The summed E-state index contributed by atoms with van der Waals surface area (Å²) in [5.41, 5.74) is 1.04. The first-order valence-electron chi connectivity index (χ1n) is 6.21. The van der Waals surface area contributed by atoms with Crippen LogP contribution in [-0.2, 0) is 0 Å². The molecule has 1 atom stereocenters. The van der Waals surface area contributed by atoms with Gasteiger partial charge in [-0.25, -0.2) is 14.5 Å². The van der Waals surface area contributed by atoms with Crippen molar-refractivity contribution >= 4 is 0 Å². The summed E-state index contributed by atoms with van der Waals surface area (Å²) in [4.78, 5) is 11.9. The Morgan fingerprint density at radius 3 is 2.79 bits per heavy atom. The van der Waals surface area contributed by atoms with E-state index in [2.05, 4.69) is 21.6 Å². The van der Waals surface area contributed by atoms with E-state index in [0.717, 1.165) is 25.1 Å².